The fourth-order valence-electron chi connectivity index (χ4n) is 4.02. The number of nitrogens with zero attached hydrogens (tertiary/aromatic N) is 3. The summed E-state index contributed by atoms with van der Waals surface area (Å²) >= 11 is 0. The fourth-order valence-corrected chi connectivity index (χ4v) is 4.02. The van der Waals surface area contributed by atoms with Gasteiger partial charge in [0.15, 0.2) is 0 Å². The van der Waals surface area contributed by atoms with E-state index >= 15 is 0 Å². The highest BCUT2D eigenvalue weighted by molar-refractivity contribution is 5.39. The minimum Gasteiger partial charge on any atom is -0.373 e. The maximum atomic E-state index is 11.2. The van der Waals surface area contributed by atoms with Crippen molar-refractivity contribution in [2.24, 2.45) is 0 Å². The summed E-state index contributed by atoms with van der Waals surface area (Å²) in [5.74, 6) is 0. The van der Waals surface area contributed by atoms with Crippen LogP contribution in [0, 0.1) is 10.1 Å². The van der Waals surface area contributed by atoms with Crippen LogP contribution in [-0.4, -0.2) is 59.2 Å². The number of piperidine rings is 1. The molecule has 1 aromatic carbocycles. The van der Waals surface area contributed by atoms with Crippen LogP contribution in [0.25, 0.3) is 0 Å². The zero-order chi connectivity index (χ0) is 17.1. The average Bonchev–Trinajstić information content (AvgIpc) is 2.55. The highest BCUT2D eigenvalue weighted by atomic mass is 16.6. The first-order valence-corrected chi connectivity index (χ1v) is 8.87. The van der Waals surface area contributed by atoms with Gasteiger partial charge in [0.25, 0.3) is 5.69 Å². The molecular weight excluding hydrogens is 306 g/mol. The summed E-state index contributed by atoms with van der Waals surface area (Å²) in [4.78, 5) is 15.8. The molecule has 0 saturated carbocycles. The van der Waals surface area contributed by atoms with Crippen LogP contribution in [0.4, 0.5) is 5.69 Å². The Morgan fingerprint density at radius 1 is 1.17 bits per heavy atom. The Kier molecular flexibility index (Phi) is 5.48. The number of rotatable bonds is 4. The molecule has 2 aliphatic rings. The van der Waals surface area contributed by atoms with E-state index in [4.69, 9.17) is 4.74 Å². The van der Waals surface area contributed by atoms with Gasteiger partial charge in [0, 0.05) is 37.3 Å². The monoisotopic (exact) mass is 333 g/mol. The molecule has 132 valence electrons. The number of para-hydroxylation sites is 1. The molecule has 0 bridgehead atoms. The quantitative estimate of drug-likeness (QED) is 0.626. The Morgan fingerprint density at radius 2 is 1.79 bits per heavy atom. The maximum Gasteiger partial charge on any atom is 0.273 e. The van der Waals surface area contributed by atoms with Gasteiger partial charge in [0.05, 0.1) is 17.1 Å². The van der Waals surface area contributed by atoms with Gasteiger partial charge >= 0.3 is 0 Å². The van der Waals surface area contributed by atoms with Gasteiger partial charge in [-0.1, -0.05) is 18.2 Å². The minimum absolute atomic E-state index is 0.232. The molecule has 0 N–H and O–H groups in total. The van der Waals surface area contributed by atoms with Crippen LogP contribution in [0.15, 0.2) is 24.3 Å². The van der Waals surface area contributed by atoms with E-state index in [1.165, 1.54) is 0 Å². The van der Waals surface area contributed by atoms with Crippen LogP contribution in [0.2, 0.25) is 0 Å². The lowest BCUT2D eigenvalue weighted by Crippen LogP contribution is -2.53. The molecular formula is C18H27N3O3. The molecule has 3 rings (SSSR count). The molecule has 0 spiro atoms. The molecule has 1 aromatic rings. The number of hydrogen-bond acceptors (Lipinski definition) is 5. The SMILES string of the molecule is C[C@H]1CN(C2CCN(Cc3ccccc3[N+](=O)[O-])CC2)C[C@H](C)O1. The zero-order valence-corrected chi connectivity index (χ0v) is 14.6. The smallest absolute Gasteiger partial charge is 0.273 e. The molecule has 2 aliphatic heterocycles. The molecule has 2 heterocycles. The van der Waals surface area contributed by atoms with Crippen molar-refractivity contribution in [3.8, 4) is 0 Å². The Hall–Kier alpha value is -1.50. The summed E-state index contributed by atoms with van der Waals surface area (Å²) in [5, 5.41) is 11.2. The second-order valence-electron chi connectivity index (χ2n) is 7.10. The van der Waals surface area contributed by atoms with Gasteiger partial charge in [-0.3, -0.25) is 19.9 Å². The number of likely N-dealkylation sites (tertiary alicyclic amines) is 1. The standard InChI is InChI=1S/C18H27N3O3/c1-14-11-20(12-15(2)24-14)17-7-9-19(10-8-17)13-16-5-3-4-6-18(16)21(22)23/h3-6,14-15,17H,7-13H2,1-2H3/t14-,15-/m0/s1. The van der Waals surface area contributed by atoms with Crippen LogP contribution in [0.3, 0.4) is 0 Å². The van der Waals surface area contributed by atoms with Gasteiger partial charge in [-0.25, -0.2) is 0 Å². The molecule has 0 aliphatic carbocycles. The van der Waals surface area contributed by atoms with E-state index in [9.17, 15) is 10.1 Å². The first-order valence-electron chi connectivity index (χ1n) is 8.87. The summed E-state index contributed by atoms with van der Waals surface area (Å²) in [6.45, 7) is 8.98. The van der Waals surface area contributed by atoms with Crippen LogP contribution >= 0.6 is 0 Å². The third-order valence-electron chi connectivity index (χ3n) is 5.10. The zero-order valence-electron chi connectivity index (χ0n) is 14.6. The minimum atomic E-state index is -0.279. The normalized spacial score (nSPS) is 27.2. The molecule has 0 amide bonds. The molecule has 0 radical (unpaired) electrons. The average molecular weight is 333 g/mol. The lowest BCUT2D eigenvalue weighted by Gasteiger charge is -2.43. The van der Waals surface area contributed by atoms with E-state index in [0.717, 1.165) is 44.6 Å². The summed E-state index contributed by atoms with van der Waals surface area (Å²) in [6, 6.07) is 7.69. The topological polar surface area (TPSA) is 58.9 Å². The van der Waals surface area contributed by atoms with Crippen molar-refractivity contribution in [3.63, 3.8) is 0 Å². The fraction of sp³-hybridized carbons (Fsp3) is 0.667. The molecule has 6 nitrogen and oxygen atoms in total. The molecule has 2 atom stereocenters. The Morgan fingerprint density at radius 3 is 2.42 bits per heavy atom. The first-order chi connectivity index (χ1) is 11.5. The van der Waals surface area contributed by atoms with Gasteiger partial charge in [0.2, 0.25) is 0 Å². The van der Waals surface area contributed by atoms with Crippen molar-refractivity contribution < 1.29 is 9.66 Å². The number of hydrogen-bond donors (Lipinski definition) is 0. The van der Waals surface area contributed by atoms with E-state index in [0.29, 0.717) is 24.8 Å². The predicted octanol–water partition coefficient (Wildman–Crippen LogP) is 2.67. The molecule has 6 heteroatoms. The summed E-state index contributed by atoms with van der Waals surface area (Å²) in [5.41, 5.74) is 1.05. The molecule has 2 saturated heterocycles. The Bertz CT molecular complexity index is 562. The molecule has 0 aromatic heterocycles. The second kappa shape index (κ2) is 7.59. The lowest BCUT2D eigenvalue weighted by atomic mass is 10.0. The van der Waals surface area contributed by atoms with Crippen molar-refractivity contribution in [3.05, 3.63) is 39.9 Å². The second-order valence-corrected chi connectivity index (χ2v) is 7.10. The van der Waals surface area contributed by atoms with Crippen LogP contribution in [0.5, 0.6) is 0 Å². The van der Waals surface area contributed by atoms with Gasteiger partial charge in [0.1, 0.15) is 0 Å². The van der Waals surface area contributed by atoms with Crippen molar-refractivity contribution in [2.75, 3.05) is 26.2 Å². The summed E-state index contributed by atoms with van der Waals surface area (Å²) < 4.78 is 5.83. The van der Waals surface area contributed by atoms with Gasteiger partial charge in [-0.15, -0.1) is 0 Å². The predicted molar refractivity (Wildman–Crippen MR) is 93.0 cm³/mol. The number of nitro groups is 1. The van der Waals surface area contributed by atoms with Crippen molar-refractivity contribution in [2.45, 2.75) is 51.5 Å². The highest BCUT2D eigenvalue weighted by Crippen LogP contribution is 2.24. The number of benzene rings is 1. The van der Waals surface area contributed by atoms with E-state index < -0.39 is 0 Å². The van der Waals surface area contributed by atoms with E-state index in [1.807, 2.05) is 12.1 Å². The lowest BCUT2D eigenvalue weighted by molar-refractivity contribution is -0.385. The van der Waals surface area contributed by atoms with E-state index in [-0.39, 0.29) is 10.6 Å². The van der Waals surface area contributed by atoms with Gasteiger partial charge in [-0.05, 0) is 39.8 Å². The molecule has 2 fully saturated rings. The van der Waals surface area contributed by atoms with Crippen LogP contribution in [0.1, 0.15) is 32.3 Å². The van der Waals surface area contributed by atoms with E-state index in [2.05, 4.69) is 23.6 Å². The Labute approximate surface area is 143 Å². The third-order valence-corrected chi connectivity index (χ3v) is 5.10. The molecule has 0 unspecified atom stereocenters. The summed E-state index contributed by atoms with van der Waals surface area (Å²) in [6.07, 6.45) is 2.86. The van der Waals surface area contributed by atoms with Crippen molar-refractivity contribution in [1.82, 2.24) is 9.80 Å². The van der Waals surface area contributed by atoms with Crippen LogP contribution < -0.4 is 0 Å². The Balaban J connectivity index is 1.55. The molecule has 24 heavy (non-hydrogen) atoms. The largest absolute Gasteiger partial charge is 0.373 e. The summed E-state index contributed by atoms with van der Waals surface area (Å²) in [7, 11) is 0. The highest BCUT2D eigenvalue weighted by Gasteiger charge is 2.30. The number of nitro benzene ring substituents is 1. The maximum absolute atomic E-state index is 11.2. The van der Waals surface area contributed by atoms with Crippen molar-refractivity contribution >= 4 is 5.69 Å². The number of ether oxygens (including phenoxy) is 1. The van der Waals surface area contributed by atoms with Gasteiger partial charge < -0.3 is 4.74 Å². The number of morpholine rings is 1. The van der Waals surface area contributed by atoms with Crippen molar-refractivity contribution in [1.29, 1.82) is 0 Å². The third kappa shape index (κ3) is 4.12. The van der Waals surface area contributed by atoms with E-state index in [1.54, 1.807) is 12.1 Å². The first kappa shape index (κ1) is 17.3. The van der Waals surface area contributed by atoms with Gasteiger partial charge in [-0.2, -0.15) is 0 Å². The van der Waals surface area contributed by atoms with Crippen LogP contribution in [-0.2, 0) is 11.3 Å².